The maximum atomic E-state index is 13.2. The number of nitrogens with one attached hydrogen (secondary N) is 2. The number of fused-ring (bicyclic) bond motifs is 1. The van der Waals surface area contributed by atoms with Gasteiger partial charge in [-0.3, -0.25) is 4.79 Å². The van der Waals surface area contributed by atoms with E-state index in [2.05, 4.69) is 15.3 Å². The second-order valence-corrected chi connectivity index (χ2v) is 10.8. The summed E-state index contributed by atoms with van der Waals surface area (Å²) >= 11 is 0. The lowest BCUT2D eigenvalue weighted by molar-refractivity contribution is 0.102. The van der Waals surface area contributed by atoms with Crippen molar-refractivity contribution in [2.24, 2.45) is 0 Å². The molecule has 2 N–H and O–H groups in total. The fourth-order valence-electron chi connectivity index (χ4n) is 4.45. The Morgan fingerprint density at radius 3 is 2.56 bits per heavy atom. The highest BCUT2D eigenvalue weighted by molar-refractivity contribution is 7.89. The third-order valence-corrected chi connectivity index (χ3v) is 8.67. The monoisotopic (exact) mass is 452 g/mol. The standard InChI is InChI=1S/C24H28N4O3S/c1-16-8-9-18(14-22(16)32(30,31)28-12-3-2-4-13-28)24(29)25-19-10-11-20-21(15-19)27-23(26-20)17-6-5-7-17/h8-11,14-15,17H,2-7,12-13H2,1H3,(H,25,29)(H,26,27). The molecule has 2 aliphatic rings. The van der Waals surface area contributed by atoms with Crippen molar-refractivity contribution in [3.8, 4) is 0 Å². The zero-order chi connectivity index (χ0) is 22.3. The topological polar surface area (TPSA) is 95.2 Å². The summed E-state index contributed by atoms with van der Waals surface area (Å²) in [7, 11) is -3.61. The van der Waals surface area contributed by atoms with Crippen LogP contribution in [0.4, 0.5) is 5.69 Å². The van der Waals surface area contributed by atoms with E-state index in [9.17, 15) is 13.2 Å². The molecule has 2 fully saturated rings. The fraction of sp³-hybridized carbons (Fsp3) is 0.417. The first-order valence-electron chi connectivity index (χ1n) is 11.3. The lowest BCUT2D eigenvalue weighted by atomic mass is 9.85. The van der Waals surface area contributed by atoms with E-state index >= 15 is 0 Å². The van der Waals surface area contributed by atoms with Crippen molar-refractivity contribution in [1.29, 1.82) is 0 Å². The number of nitrogens with zero attached hydrogens (tertiary/aromatic N) is 2. The number of carbonyl (C=O) groups is 1. The average Bonchev–Trinajstić information content (AvgIpc) is 3.15. The first-order chi connectivity index (χ1) is 15.4. The summed E-state index contributed by atoms with van der Waals surface area (Å²) in [6.45, 7) is 2.83. The summed E-state index contributed by atoms with van der Waals surface area (Å²) in [6.07, 6.45) is 6.37. The highest BCUT2D eigenvalue weighted by Crippen LogP contribution is 2.35. The Labute approximate surface area is 188 Å². The predicted molar refractivity (Wildman–Crippen MR) is 124 cm³/mol. The summed E-state index contributed by atoms with van der Waals surface area (Å²) in [5.74, 6) is 1.19. The number of benzene rings is 2. The summed E-state index contributed by atoms with van der Waals surface area (Å²) in [5.41, 5.74) is 3.39. The first kappa shape index (κ1) is 21.2. The molecular weight excluding hydrogens is 424 g/mol. The van der Waals surface area contributed by atoms with Gasteiger partial charge in [0.15, 0.2) is 0 Å². The minimum Gasteiger partial charge on any atom is -0.342 e. The van der Waals surface area contributed by atoms with Gasteiger partial charge >= 0.3 is 0 Å². The van der Waals surface area contributed by atoms with Crippen molar-refractivity contribution in [2.45, 2.75) is 56.3 Å². The van der Waals surface area contributed by atoms with E-state index in [-0.39, 0.29) is 10.8 Å². The fourth-order valence-corrected chi connectivity index (χ4v) is 6.22. The number of anilines is 1. The number of rotatable bonds is 5. The van der Waals surface area contributed by atoms with Gasteiger partial charge in [0.25, 0.3) is 5.91 Å². The van der Waals surface area contributed by atoms with Crippen LogP contribution in [0.2, 0.25) is 0 Å². The van der Waals surface area contributed by atoms with Crippen LogP contribution >= 0.6 is 0 Å². The normalized spacial score (nSPS) is 17.9. The van der Waals surface area contributed by atoms with Crippen LogP contribution < -0.4 is 5.32 Å². The SMILES string of the molecule is Cc1ccc(C(=O)Nc2ccc3nc(C4CCC4)[nH]c3c2)cc1S(=O)(=O)N1CCCCC1. The van der Waals surface area contributed by atoms with Gasteiger partial charge in [-0.05, 0) is 68.5 Å². The quantitative estimate of drug-likeness (QED) is 0.593. The molecular formula is C24H28N4O3S. The first-order valence-corrected chi connectivity index (χ1v) is 12.8. The van der Waals surface area contributed by atoms with Crippen molar-refractivity contribution in [2.75, 3.05) is 18.4 Å². The zero-order valence-electron chi connectivity index (χ0n) is 18.2. The molecule has 5 rings (SSSR count). The number of aryl methyl sites for hydroxylation is 1. The third-order valence-electron chi connectivity index (χ3n) is 6.63. The van der Waals surface area contributed by atoms with Crippen molar-refractivity contribution < 1.29 is 13.2 Å². The van der Waals surface area contributed by atoms with Gasteiger partial charge in [0.2, 0.25) is 10.0 Å². The van der Waals surface area contributed by atoms with Gasteiger partial charge in [0, 0.05) is 30.3 Å². The zero-order valence-corrected chi connectivity index (χ0v) is 19.0. The number of hydrogen-bond acceptors (Lipinski definition) is 4. The Kier molecular flexibility index (Phi) is 5.51. The molecule has 0 radical (unpaired) electrons. The number of aromatic amines is 1. The summed E-state index contributed by atoms with van der Waals surface area (Å²) in [6, 6.07) is 10.5. The number of carbonyl (C=O) groups excluding carboxylic acids is 1. The molecule has 8 heteroatoms. The van der Waals surface area contributed by atoms with Crippen LogP contribution in [0.5, 0.6) is 0 Å². The molecule has 32 heavy (non-hydrogen) atoms. The van der Waals surface area contributed by atoms with Crippen LogP contribution in [0.3, 0.4) is 0 Å². The van der Waals surface area contributed by atoms with E-state index in [4.69, 9.17) is 0 Å². The minimum atomic E-state index is -3.61. The van der Waals surface area contributed by atoms with E-state index in [1.165, 1.54) is 29.6 Å². The molecule has 1 saturated carbocycles. The van der Waals surface area contributed by atoms with Crippen LogP contribution in [0, 0.1) is 6.92 Å². The number of sulfonamides is 1. The molecule has 3 aromatic rings. The van der Waals surface area contributed by atoms with E-state index < -0.39 is 10.0 Å². The highest BCUT2D eigenvalue weighted by atomic mass is 32.2. The Morgan fingerprint density at radius 2 is 1.84 bits per heavy atom. The predicted octanol–water partition coefficient (Wildman–Crippen LogP) is 4.57. The Hall–Kier alpha value is -2.71. The maximum absolute atomic E-state index is 13.2. The molecule has 1 saturated heterocycles. The molecule has 1 amide bonds. The number of imidazole rings is 1. The van der Waals surface area contributed by atoms with E-state index in [1.807, 2.05) is 18.2 Å². The van der Waals surface area contributed by atoms with Crippen LogP contribution in [-0.2, 0) is 10.0 Å². The van der Waals surface area contributed by atoms with E-state index in [0.29, 0.717) is 35.8 Å². The summed E-state index contributed by atoms with van der Waals surface area (Å²) in [4.78, 5) is 21.2. The largest absolute Gasteiger partial charge is 0.342 e. The van der Waals surface area contributed by atoms with Crippen molar-refractivity contribution in [3.05, 3.63) is 53.3 Å². The van der Waals surface area contributed by atoms with Crippen LogP contribution in [0.1, 0.15) is 66.2 Å². The Bertz CT molecular complexity index is 1270. The number of hydrogen-bond donors (Lipinski definition) is 2. The van der Waals surface area contributed by atoms with Gasteiger partial charge in [0.05, 0.1) is 15.9 Å². The average molecular weight is 453 g/mol. The van der Waals surface area contributed by atoms with Crippen molar-refractivity contribution >= 4 is 32.7 Å². The van der Waals surface area contributed by atoms with Gasteiger partial charge in [-0.25, -0.2) is 13.4 Å². The molecule has 1 aliphatic carbocycles. The second kappa shape index (κ2) is 8.33. The maximum Gasteiger partial charge on any atom is 0.255 e. The number of H-pyrrole nitrogens is 1. The molecule has 168 valence electrons. The molecule has 7 nitrogen and oxygen atoms in total. The third kappa shape index (κ3) is 3.93. The lowest BCUT2D eigenvalue weighted by Crippen LogP contribution is -2.36. The van der Waals surface area contributed by atoms with Crippen molar-refractivity contribution in [1.82, 2.24) is 14.3 Å². The van der Waals surface area contributed by atoms with Crippen LogP contribution in [0.15, 0.2) is 41.3 Å². The number of piperidine rings is 1. The lowest BCUT2D eigenvalue weighted by Gasteiger charge is -2.26. The molecule has 0 unspecified atom stereocenters. The molecule has 0 atom stereocenters. The van der Waals surface area contributed by atoms with Gasteiger partial charge in [-0.2, -0.15) is 4.31 Å². The minimum absolute atomic E-state index is 0.209. The molecule has 1 aliphatic heterocycles. The highest BCUT2D eigenvalue weighted by Gasteiger charge is 2.28. The molecule has 2 heterocycles. The van der Waals surface area contributed by atoms with E-state index in [1.54, 1.807) is 19.1 Å². The van der Waals surface area contributed by atoms with Crippen LogP contribution in [0.25, 0.3) is 11.0 Å². The molecule has 0 bridgehead atoms. The Morgan fingerprint density at radius 1 is 1.06 bits per heavy atom. The van der Waals surface area contributed by atoms with E-state index in [0.717, 1.165) is 36.1 Å². The number of amides is 1. The van der Waals surface area contributed by atoms with Gasteiger partial charge in [0.1, 0.15) is 5.82 Å². The Balaban J connectivity index is 1.38. The second-order valence-electron chi connectivity index (χ2n) is 8.88. The van der Waals surface area contributed by atoms with Crippen LogP contribution in [-0.4, -0.2) is 41.7 Å². The molecule has 0 spiro atoms. The van der Waals surface area contributed by atoms with Gasteiger partial charge < -0.3 is 10.3 Å². The summed E-state index contributed by atoms with van der Waals surface area (Å²) in [5, 5.41) is 2.90. The van der Waals surface area contributed by atoms with Gasteiger partial charge in [-0.1, -0.05) is 18.9 Å². The van der Waals surface area contributed by atoms with Gasteiger partial charge in [-0.15, -0.1) is 0 Å². The number of aromatic nitrogens is 2. The smallest absolute Gasteiger partial charge is 0.255 e. The molecule has 1 aromatic heterocycles. The molecule has 2 aromatic carbocycles. The summed E-state index contributed by atoms with van der Waals surface area (Å²) < 4.78 is 27.8. The van der Waals surface area contributed by atoms with Crippen molar-refractivity contribution in [3.63, 3.8) is 0 Å².